The van der Waals surface area contributed by atoms with E-state index in [1.807, 2.05) is 30.3 Å². The minimum absolute atomic E-state index is 0.00476. The topological polar surface area (TPSA) is 90.7 Å². The van der Waals surface area contributed by atoms with Gasteiger partial charge in [-0.05, 0) is 54.4 Å². The highest BCUT2D eigenvalue weighted by atomic mass is 32.1. The van der Waals surface area contributed by atoms with Gasteiger partial charge in [0.1, 0.15) is 16.5 Å². The van der Waals surface area contributed by atoms with Crippen LogP contribution in [0.4, 0.5) is 0 Å². The molecular weight excluding hydrogens is 442 g/mol. The molecule has 7 heteroatoms. The zero-order chi connectivity index (χ0) is 22.4. The molecule has 0 amide bonds. The van der Waals surface area contributed by atoms with E-state index < -0.39 is 0 Å². The molecule has 0 aliphatic carbocycles. The number of rotatable bonds is 4. The Morgan fingerprint density at radius 3 is 2.25 bits per heavy atom. The first-order valence-corrected chi connectivity index (χ1v) is 11.5. The average molecular weight is 460 g/mol. The molecule has 5 rings (SSSR count). The summed E-state index contributed by atoms with van der Waals surface area (Å²) in [6, 6.07) is 17.5. The second kappa shape index (κ2) is 7.78. The van der Waals surface area contributed by atoms with Crippen LogP contribution in [0.5, 0.6) is 17.4 Å². The average Bonchev–Trinajstić information content (AvgIpc) is 3.37. The number of thiophene rings is 1. The molecule has 0 radical (unpaired) electrons. The summed E-state index contributed by atoms with van der Waals surface area (Å²) in [6.45, 7) is 1.80. The van der Waals surface area contributed by atoms with E-state index in [0.29, 0.717) is 21.0 Å². The van der Waals surface area contributed by atoms with Crippen LogP contribution in [0.3, 0.4) is 0 Å². The molecule has 0 atom stereocenters. The van der Waals surface area contributed by atoms with Crippen molar-refractivity contribution in [3.8, 4) is 39.1 Å². The largest absolute Gasteiger partial charge is 0.508 e. The predicted molar refractivity (Wildman–Crippen MR) is 128 cm³/mol. The lowest BCUT2D eigenvalue weighted by atomic mass is 9.96. The third-order valence-corrected chi connectivity index (χ3v) is 7.28. The second-order valence-corrected chi connectivity index (χ2v) is 9.31. The summed E-state index contributed by atoms with van der Waals surface area (Å²) in [7, 11) is 0. The number of aryl methyl sites for hydroxylation is 1. The number of ketones is 1. The van der Waals surface area contributed by atoms with Crippen molar-refractivity contribution >= 4 is 38.5 Å². The number of thiazole rings is 1. The Bertz CT molecular complexity index is 1480. The first-order chi connectivity index (χ1) is 15.4. The minimum atomic E-state index is -0.132. The molecule has 0 bridgehead atoms. The van der Waals surface area contributed by atoms with E-state index in [-0.39, 0.29) is 23.2 Å². The number of phenolic OH excluding ortho intramolecular Hbond substituents is 2. The molecule has 0 fully saturated rings. The molecule has 0 unspecified atom stereocenters. The summed E-state index contributed by atoms with van der Waals surface area (Å²) < 4.78 is 0.814. The highest BCUT2D eigenvalue weighted by Gasteiger charge is 2.23. The van der Waals surface area contributed by atoms with Crippen LogP contribution in [0, 0.1) is 6.92 Å². The first kappa shape index (κ1) is 20.2. The van der Waals surface area contributed by atoms with Crippen LogP contribution in [0.1, 0.15) is 20.8 Å². The minimum Gasteiger partial charge on any atom is -0.508 e. The van der Waals surface area contributed by atoms with Gasteiger partial charge in [0.05, 0.1) is 10.3 Å². The number of benzene rings is 3. The van der Waals surface area contributed by atoms with Gasteiger partial charge < -0.3 is 15.3 Å². The van der Waals surface area contributed by atoms with Crippen LogP contribution < -0.4 is 0 Å². The molecule has 0 aliphatic heterocycles. The summed E-state index contributed by atoms with van der Waals surface area (Å²) in [5.41, 5.74) is 3.76. The van der Waals surface area contributed by atoms with Gasteiger partial charge in [-0.3, -0.25) is 4.79 Å². The van der Waals surface area contributed by atoms with Crippen LogP contribution in [0.15, 0.2) is 66.0 Å². The van der Waals surface area contributed by atoms with Gasteiger partial charge in [-0.2, -0.15) is 0 Å². The molecule has 5 nitrogen and oxygen atoms in total. The maximum absolute atomic E-state index is 13.5. The number of aromatic hydroxyl groups is 3. The fourth-order valence-electron chi connectivity index (χ4n) is 3.73. The van der Waals surface area contributed by atoms with Crippen LogP contribution >= 0.6 is 22.7 Å². The van der Waals surface area contributed by atoms with Crippen LogP contribution in [0.2, 0.25) is 0 Å². The van der Waals surface area contributed by atoms with E-state index in [2.05, 4.69) is 4.98 Å². The van der Waals surface area contributed by atoms with Crippen LogP contribution in [0.25, 0.3) is 31.8 Å². The SMILES string of the molecule is Cc1cc(O)ccc1C(=O)c1sc2cc(O)ccc2c1-c1ccc(-c2nc(O)cs2)cc1. The molecule has 2 aromatic heterocycles. The first-order valence-electron chi connectivity index (χ1n) is 9.76. The lowest BCUT2D eigenvalue weighted by Crippen LogP contribution is -2.03. The Morgan fingerprint density at radius 1 is 0.875 bits per heavy atom. The maximum Gasteiger partial charge on any atom is 0.222 e. The molecule has 3 aromatic carbocycles. The molecular formula is C25H17NO4S2. The molecule has 0 spiro atoms. The molecule has 32 heavy (non-hydrogen) atoms. The van der Waals surface area contributed by atoms with Gasteiger partial charge in [0.2, 0.25) is 11.7 Å². The monoisotopic (exact) mass is 459 g/mol. The number of phenols is 2. The number of hydrogen-bond donors (Lipinski definition) is 3. The van der Waals surface area contributed by atoms with Gasteiger partial charge in [0.25, 0.3) is 0 Å². The van der Waals surface area contributed by atoms with Crippen molar-refractivity contribution < 1.29 is 20.1 Å². The fraction of sp³-hybridized carbons (Fsp3) is 0.0400. The van der Waals surface area contributed by atoms with Crippen LogP contribution in [-0.2, 0) is 0 Å². The van der Waals surface area contributed by atoms with Gasteiger partial charge in [-0.15, -0.1) is 22.7 Å². The lowest BCUT2D eigenvalue weighted by molar-refractivity contribution is 0.104. The van der Waals surface area contributed by atoms with E-state index in [1.54, 1.807) is 36.6 Å². The number of carbonyl (C=O) groups is 1. The Hall–Kier alpha value is -3.68. The zero-order valence-corrected chi connectivity index (χ0v) is 18.5. The Morgan fingerprint density at radius 2 is 1.56 bits per heavy atom. The molecule has 158 valence electrons. The van der Waals surface area contributed by atoms with Crippen molar-refractivity contribution in [3.63, 3.8) is 0 Å². The van der Waals surface area contributed by atoms with Crippen molar-refractivity contribution in [1.82, 2.24) is 4.98 Å². The smallest absolute Gasteiger partial charge is 0.222 e. The summed E-state index contributed by atoms with van der Waals surface area (Å²) in [4.78, 5) is 18.2. The predicted octanol–water partition coefficient (Wildman–Crippen LogP) is 6.35. The quantitative estimate of drug-likeness (QED) is 0.273. The van der Waals surface area contributed by atoms with Crippen molar-refractivity contribution in [2.75, 3.05) is 0 Å². The van der Waals surface area contributed by atoms with E-state index in [1.165, 1.54) is 28.7 Å². The van der Waals surface area contributed by atoms with E-state index in [9.17, 15) is 20.1 Å². The number of nitrogens with zero attached hydrogens (tertiary/aromatic N) is 1. The summed E-state index contributed by atoms with van der Waals surface area (Å²) in [5, 5.41) is 32.4. The third-order valence-electron chi connectivity index (χ3n) is 5.25. The highest BCUT2D eigenvalue weighted by molar-refractivity contribution is 7.21. The number of aromatic nitrogens is 1. The van der Waals surface area contributed by atoms with Crippen molar-refractivity contribution in [2.24, 2.45) is 0 Å². The highest BCUT2D eigenvalue weighted by Crippen LogP contribution is 2.42. The van der Waals surface area contributed by atoms with Gasteiger partial charge in [-0.1, -0.05) is 24.3 Å². The van der Waals surface area contributed by atoms with E-state index in [0.717, 1.165) is 26.8 Å². The van der Waals surface area contributed by atoms with Gasteiger partial charge in [0, 0.05) is 26.8 Å². The van der Waals surface area contributed by atoms with Crippen molar-refractivity contribution in [3.05, 3.63) is 82.0 Å². The van der Waals surface area contributed by atoms with E-state index in [4.69, 9.17) is 0 Å². The Labute approximate surface area is 191 Å². The van der Waals surface area contributed by atoms with Gasteiger partial charge >= 0.3 is 0 Å². The van der Waals surface area contributed by atoms with Gasteiger partial charge in [0.15, 0.2) is 0 Å². The molecule has 3 N–H and O–H groups in total. The second-order valence-electron chi connectivity index (χ2n) is 7.40. The fourth-order valence-corrected chi connectivity index (χ4v) is 5.63. The normalized spacial score (nSPS) is 11.2. The molecule has 2 heterocycles. The maximum atomic E-state index is 13.5. The Balaban J connectivity index is 1.67. The summed E-state index contributed by atoms with van der Waals surface area (Å²) in [5.74, 6) is 0.121. The Kier molecular flexibility index (Phi) is 4.92. The molecule has 0 saturated carbocycles. The number of hydrogen-bond acceptors (Lipinski definition) is 7. The summed E-state index contributed by atoms with van der Waals surface area (Å²) in [6.07, 6.45) is 0. The lowest BCUT2D eigenvalue weighted by Gasteiger charge is -2.08. The zero-order valence-electron chi connectivity index (χ0n) is 16.9. The number of fused-ring (bicyclic) bond motifs is 1. The van der Waals surface area contributed by atoms with Gasteiger partial charge in [-0.25, -0.2) is 4.98 Å². The van der Waals surface area contributed by atoms with Crippen molar-refractivity contribution in [2.45, 2.75) is 6.92 Å². The summed E-state index contributed by atoms with van der Waals surface area (Å²) >= 11 is 2.69. The van der Waals surface area contributed by atoms with Crippen LogP contribution in [-0.4, -0.2) is 26.1 Å². The number of carbonyl (C=O) groups excluding carboxylic acids is 1. The molecule has 5 aromatic rings. The van der Waals surface area contributed by atoms with E-state index >= 15 is 0 Å². The standard InChI is InChI=1S/C25H17NO4S2/c1-13-10-16(27)6-8-18(13)23(30)24-22(19-9-7-17(28)11-20(19)32-24)14-2-4-15(5-3-14)25-26-21(29)12-31-25/h2-12,27-29H,1H3. The van der Waals surface area contributed by atoms with Crippen molar-refractivity contribution in [1.29, 1.82) is 0 Å². The molecule has 0 aliphatic rings. The third kappa shape index (κ3) is 3.51. The molecule has 0 saturated heterocycles.